The summed E-state index contributed by atoms with van der Waals surface area (Å²) in [6.07, 6.45) is 1.88. The van der Waals surface area contributed by atoms with Crippen molar-refractivity contribution in [3.8, 4) is 5.75 Å². The van der Waals surface area contributed by atoms with E-state index in [4.69, 9.17) is 16.3 Å². The predicted molar refractivity (Wildman–Crippen MR) is 84.4 cm³/mol. The molecule has 1 atom stereocenters. The zero-order valence-corrected chi connectivity index (χ0v) is 13.0. The smallest absolute Gasteiger partial charge is 0.228 e. The second-order valence-corrected chi connectivity index (χ2v) is 5.49. The first kappa shape index (κ1) is 15.0. The highest BCUT2D eigenvalue weighted by molar-refractivity contribution is 6.28. The molecule has 2 aromatic rings. The van der Waals surface area contributed by atoms with E-state index >= 15 is 0 Å². The molecule has 1 aromatic heterocycles. The van der Waals surface area contributed by atoms with Crippen molar-refractivity contribution in [3.05, 3.63) is 46.4 Å². The van der Waals surface area contributed by atoms with Crippen LogP contribution >= 0.6 is 11.6 Å². The van der Waals surface area contributed by atoms with Crippen molar-refractivity contribution in [2.45, 2.75) is 25.7 Å². The quantitative estimate of drug-likeness (QED) is 0.847. The Morgan fingerprint density at radius 3 is 2.77 bits per heavy atom. The highest BCUT2D eigenvalue weighted by atomic mass is 35.5. The predicted octanol–water partition coefficient (Wildman–Crippen LogP) is 3.95. The fourth-order valence-electron chi connectivity index (χ4n) is 2.93. The van der Waals surface area contributed by atoms with Gasteiger partial charge >= 0.3 is 0 Å². The van der Waals surface area contributed by atoms with Crippen molar-refractivity contribution in [1.29, 1.82) is 0 Å². The van der Waals surface area contributed by atoms with Gasteiger partial charge in [0.2, 0.25) is 12.1 Å². The number of benzene rings is 1. The number of halogens is 2. The van der Waals surface area contributed by atoms with E-state index in [0.717, 1.165) is 42.0 Å². The van der Waals surface area contributed by atoms with E-state index < -0.39 is 6.86 Å². The molecule has 1 aliphatic carbocycles. The van der Waals surface area contributed by atoms with E-state index in [9.17, 15) is 4.39 Å². The van der Waals surface area contributed by atoms with E-state index in [-0.39, 0.29) is 11.2 Å². The number of ether oxygens (including phenoxy) is 1. The lowest BCUT2D eigenvalue weighted by Gasteiger charge is -2.13. The Morgan fingerprint density at radius 1 is 1.32 bits per heavy atom. The molecule has 0 bridgehead atoms. The highest BCUT2D eigenvalue weighted by Crippen LogP contribution is 2.40. The second-order valence-electron chi connectivity index (χ2n) is 5.15. The maximum absolute atomic E-state index is 12.2. The zero-order valence-electron chi connectivity index (χ0n) is 12.3. The summed E-state index contributed by atoms with van der Waals surface area (Å²) in [5, 5.41) is 3.51. The largest absolute Gasteiger partial charge is 0.463 e. The summed E-state index contributed by atoms with van der Waals surface area (Å²) in [5.41, 5.74) is 3.25. The van der Waals surface area contributed by atoms with E-state index in [2.05, 4.69) is 15.3 Å². The van der Waals surface area contributed by atoms with Gasteiger partial charge in [-0.15, -0.1) is 0 Å². The molecule has 6 heteroatoms. The molecule has 22 heavy (non-hydrogen) atoms. The third-order valence-electron chi connectivity index (χ3n) is 3.87. The fourth-order valence-corrected chi connectivity index (χ4v) is 3.11. The first-order valence-electron chi connectivity index (χ1n) is 7.31. The van der Waals surface area contributed by atoms with Gasteiger partial charge in [-0.2, -0.15) is 0 Å². The first-order chi connectivity index (χ1) is 10.7. The average Bonchev–Trinajstić information content (AvgIpc) is 2.92. The van der Waals surface area contributed by atoms with Gasteiger partial charge in [0.25, 0.3) is 0 Å². The maximum atomic E-state index is 12.2. The summed E-state index contributed by atoms with van der Waals surface area (Å²) < 4.78 is 17.0. The van der Waals surface area contributed by atoms with Gasteiger partial charge in [0.1, 0.15) is 11.6 Å². The van der Waals surface area contributed by atoms with Crippen LogP contribution in [0.5, 0.6) is 5.75 Å². The number of fused-ring (bicyclic) bond motifs is 1. The molecule has 0 radical (unpaired) electrons. The van der Waals surface area contributed by atoms with Gasteiger partial charge in [-0.1, -0.05) is 12.1 Å². The lowest BCUT2D eigenvalue weighted by Crippen LogP contribution is -2.07. The lowest BCUT2D eigenvalue weighted by molar-refractivity contribution is 0.191. The maximum Gasteiger partial charge on any atom is 0.228 e. The molecule has 1 aliphatic rings. The number of anilines is 1. The monoisotopic (exact) mass is 321 g/mol. The molecule has 0 amide bonds. The number of hydrogen-bond acceptors (Lipinski definition) is 4. The van der Waals surface area contributed by atoms with Crippen LogP contribution in [0.25, 0.3) is 0 Å². The van der Waals surface area contributed by atoms with Gasteiger partial charge in [-0.05, 0) is 49.1 Å². The molecule has 1 N–H and O–H groups in total. The van der Waals surface area contributed by atoms with Crippen LogP contribution < -0.4 is 10.1 Å². The van der Waals surface area contributed by atoms with Crippen LogP contribution in [0.3, 0.4) is 0 Å². The van der Waals surface area contributed by atoms with E-state index in [1.165, 1.54) is 0 Å². The van der Waals surface area contributed by atoms with Gasteiger partial charge in [0, 0.05) is 18.0 Å². The molecule has 3 rings (SSSR count). The minimum absolute atomic E-state index is 0.187. The van der Waals surface area contributed by atoms with E-state index in [1.807, 2.05) is 19.1 Å². The molecule has 0 saturated carbocycles. The molecule has 1 aromatic carbocycles. The molecule has 0 spiro atoms. The van der Waals surface area contributed by atoms with Crippen LogP contribution in [0.15, 0.2) is 24.3 Å². The molecule has 1 heterocycles. The molecule has 0 saturated heterocycles. The third-order valence-corrected chi connectivity index (χ3v) is 4.04. The Kier molecular flexibility index (Phi) is 4.43. The van der Waals surface area contributed by atoms with Gasteiger partial charge in [0.05, 0.1) is 5.69 Å². The third kappa shape index (κ3) is 2.86. The molecular formula is C16H17ClFN3O. The molecule has 1 unspecified atom stereocenters. The van der Waals surface area contributed by atoms with Crippen molar-refractivity contribution in [3.63, 3.8) is 0 Å². The minimum Gasteiger partial charge on any atom is -0.463 e. The number of nitrogens with one attached hydrogen (secondary N) is 1. The van der Waals surface area contributed by atoms with Gasteiger partial charge in [-0.25, -0.2) is 14.4 Å². The minimum atomic E-state index is -0.819. The lowest BCUT2D eigenvalue weighted by atomic mass is 9.96. The van der Waals surface area contributed by atoms with Gasteiger partial charge in [0.15, 0.2) is 0 Å². The topological polar surface area (TPSA) is 47.0 Å². The Hall–Kier alpha value is -1.88. The van der Waals surface area contributed by atoms with Crippen LogP contribution in [0, 0.1) is 0 Å². The average molecular weight is 322 g/mol. The van der Waals surface area contributed by atoms with E-state index in [1.54, 1.807) is 12.1 Å². The summed E-state index contributed by atoms with van der Waals surface area (Å²) in [5.74, 6) is 1.54. The summed E-state index contributed by atoms with van der Waals surface area (Å²) in [6.45, 7) is 2.00. The van der Waals surface area contributed by atoms with Crippen LogP contribution in [0.1, 0.15) is 36.1 Å². The first-order valence-corrected chi connectivity index (χ1v) is 7.69. The van der Waals surface area contributed by atoms with Crippen LogP contribution in [0.4, 0.5) is 10.2 Å². The van der Waals surface area contributed by atoms with Crippen molar-refractivity contribution in [2.24, 2.45) is 0 Å². The molecule has 0 aliphatic heterocycles. The van der Waals surface area contributed by atoms with Crippen molar-refractivity contribution < 1.29 is 9.13 Å². The molecule has 4 nitrogen and oxygen atoms in total. The van der Waals surface area contributed by atoms with Crippen molar-refractivity contribution in [2.75, 3.05) is 18.7 Å². The number of hydrogen-bond donors (Lipinski definition) is 1. The van der Waals surface area contributed by atoms with Crippen LogP contribution in [0.2, 0.25) is 5.28 Å². The summed E-state index contributed by atoms with van der Waals surface area (Å²) in [6, 6.07) is 7.46. The Morgan fingerprint density at radius 2 is 2.09 bits per heavy atom. The van der Waals surface area contributed by atoms with Gasteiger partial charge < -0.3 is 10.1 Å². The fraction of sp³-hybridized carbons (Fsp3) is 0.375. The van der Waals surface area contributed by atoms with Crippen molar-refractivity contribution >= 4 is 17.4 Å². The Balaban J connectivity index is 1.93. The standard InChI is InChI=1S/C16H17ClFN3O/c1-2-19-15-13-8-7-12(14(13)20-16(17)21-15)10-3-5-11(6-4-10)22-9-18/h3-6,12H,2,7-9H2,1H3,(H,19,20,21). The number of rotatable bonds is 5. The molecule has 116 valence electrons. The van der Waals surface area contributed by atoms with Crippen molar-refractivity contribution in [1.82, 2.24) is 9.97 Å². The second kappa shape index (κ2) is 6.48. The van der Waals surface area contributed by atoms with Crippen LogP contribution in [-0.4, -0.2) is 23.4 Å². The number of nitrogens with zero attached hydrogens (tertiary/aromatic N) is 2. The highest BCUT2D eigenvalue weighted by Gasteiger charge is 2.29. The summed E-state index contributed by atoms with van der Waals surface area (Å²) >= 11 is 6.06. The summed E-state index contributed by atoms with van der Waals surface area (Å²) in [4.78, 5) is 8.72. The Bertz CT molecular complexity index is 663. The normalized spacial score (nSPS) is 16.4. The molecule has 0 fully saturated rings. The summed E-state index contributed by atoms with van der Waals surface area (Å²) in [7, 11) is 0. The van der Waals surface area contributed by atoms with Crippen LogP contribution in [-0.2, 0) is 6.42 Å². The Labute approximate surface area is 133 Å². The van der Waals surface area contributed by atoms with E-state index in [0.29, 0.717) is 5.75 Å². The number of aromatic nitrogens is 2. The molecular weight excluding hydrogens is 305 g/mol. The van der Waals surface area contributed by atoms with Gasteiger partial charge in [-0.3, -0.25) is 0 Å². The SMILES string of the molecule is CCNc1nc(Cl)nc2c1CCC2c1ccc(OCF)cc1. The number of alkyl halides is 1. The zero-order chi connectivity index (χ0) is 15.5.